The number of phenols is 1. The second-order valence-electron chi connectivity index (χ2n) is 4.85. The van der Waals surface area contributed by atoms with Gasteiger partial charge in [0.1, 0.15) is 5.75 Å². The maximum absolute atomic E-state index is 10.00. The first-order valence-corrected chi connectivity index (χ1v) is 6.46. The second-order valence-corrected chi connectivity index (χ2v) is 4.85. The maximum atomic E-state index is 10.00. The number of aromatic hydroxyl groups is 1. The molecular formula is C14H21NO2. The molecule has 2 rings (SSSR count). The topological polar surface area (TPSA) is 52.5 Å². The van der Waals surface area contributed by atoms with Crippen molar-refractivity contribution in [1.29, 1.82) is 0 Å². The van der Waals surface area contributed by atoms with Gasteiger partial charge in [-0.1, -0.05) is 31.4 Å². The van der Waals surface area contributed by atoms with Gasteiger partial charge in [0, 0.05) is 12.6 Å². The Bertz CT molecular complexity index is 331. The van der Waals surface area contributed by atoms with Gasteiger partial charge in [-0.05, 0) is 30.5 Å². The lowest BCUT2D eigenvalue weighted by Crippen LogP contribution is -2.34. The molecule has 0 bridgehead atoms. The van der Waals surface area contributed by atoms with Gasteiger partial charge >= 0.3 is 0 Å². The summed E-state index contributed by atoms with van der Waals surface area (Å²) in [6.45, 7) is 0.593. The van der Waals surface area contributed by atoms with Crippen LogP contribution in [-0.2, 0) is 0 Å². The highest BCUT2D eigenvalue weighted by atomic mass is 16.3. The number of rotatable bonds is 4. The number of aliphatic hydroxyl groups excluding tert-OH is 1. The van der Waals surface area contributed by atoms with Crippen LogP contribution in [0.1, 0.15) is 43.8 Å². The molecule has 17 heavy (non-hydrogen) atoms. The van der Waals surface area contributed by atoms with Crippen LogP contribution in [0.3, 0.4) is 0 Å². The SMILES string of the molecule is Oc1ccc(C(O)CNC2CCCCC2)cc1. The highest BCUT2D eigenvalue weighted by Gasteiger charge is 2.14. The average molecular weight is 235 g/mol. The van der Waals surface area contributed by atoms with Gasteiger partial charge in [0.05, 0.1) is 6.10 Å². The molecule has 3 N–H and O–H groups in total. The van der Waals surface area contributed by atoms with Crippen molar-refractivity contribution in [2.75, 3.05) is 6.54 Å². The lowest BCUT2D eigenvalue weighted by molar-refractivity contribution is 0.165. The smallest absolute Gasteiger partial charge is 0.115 e. The average Bonchev–Trinajstić information content (AvgIpc) is 2.38. The zero-order valence-corrected chi connectivity index (χ0v) is 10.1. The number of hydrogen-bond donors (Lipinski definition) is 3. The summed E-state index contributed by atoms with van der Waals surface area (Å²) < 4.78 is 0. The Labute approximate surface area is 102 Å². The summed E-state index contributed by atoms with van der Waals surface area (Å²) in [5, 5.41) is 22.6. The van der Waals surface area contributed by atoms with Crippen molar-refractivity contribution >= 4 is 0 Å². The Morgan fingerprint density at radius 2 is 1.76 bits per heavy atom. The molecule has 3 nitrogen and oxygen atoms in total. The number of hydrogen-bond acceptors (Lipinski definition) is 3. The van der Waals surface area contributed by atoms with Crippen molar-refractivity contribution in [3.8, 4) is 5.75 Å². The Kier molecular flexibility index (Phi) is 4.40. The third kappa shape index (κ3) is 3.72. The zero-order valence-electron chi connectivity index (χ0n) is 10.1. The molecule has 0 spiro atoms. The van der Waals surface area contributed by atoms with Crippen LogP contribution in [0.15, 0.2) is 24.3 Å². The Morgan fingerprint density at radius 1 is 1.12 bits per heavy atom. The van der Waals surface area contributed by atoms with Crippen molar-refractivity contribution < 1.29 is 10.2 Å². The maximum Gasteiger partial charge on any atom is 0.115 e. The first kappa shape index (κ1) is 12.4. The molecule has 0 amide bonds. The lowest BCUT2D eigenvalue weighted by Gasteiger charge is -2.24. The predicted molar refractivity (Wildman–Crippen MR) is 67.9 cm³/mol. The van der Waals surface area contributed by atoms with E-state index >= 15 is 0 Å². The van der Waals surface area contributed by atoms with E-state index in [1.807, 2.05) is 0 Å². The molecule has 0 heterocycles. The minimum Gasteiger partial charge on any atom is -0.508 e. The third-order valence-corrected chi connectivity index (χ3v) is 3.48. The van der Waals surface area contributed by atoms with Gasteiger partial charge in [-0.3, -0.25) is 0 Å². The molecule has 1 aliphatic rings. The van der Waals surface area contributed by atoms with Crippen LogP contribution in [0, 0.1) is 0 Å². The van der Waals surface area contributed by atoms with Gasteiger partial charge in [0.2, 0.25) is 0 Å². The molecule has 3 heteroatoms. The summed E-state index contributed by atoms with van der Waals surface area (Å²) in [7, 11) is 0. The van der Waals surface area contributed by atoms with E-state index in [9.17, 15) is 10.2 Å². The molecular weight excluding hydrogens is 214 g/mol. The molecule has 1 aromatic carbocycles. The van der Waals surface area contributed by atoms with Crippen LogP contribution in [0.25, 0.3) is 0 Å². The Balaban J connectivity index is 1.80. The minimum absolute atomic E-state index is 0.237. The third-order valence-electron chi connectivity index (χ3n) is 3.48. The largest absolute Gasteiger partial charge is 0.508 e. The number of phenolic OH excluding ortho intramolecular Hbond substituents is 1. The van der Waals surface area contributed by atoms with Crippen molar-refractivity contribution in [2.24, 2.45) is 0 Å². The van der Waals surface area contributed by atoms with E-state index in [1.165, 1.54) is 32.1 Å². The van der Waals surface area contributed by atoms with Gasteiger partial charge in [-0.15, -0.1) is 0 Å². The molecule has 0 radical (unpaired) electrons. The molecule has 0 aromatic heterocycles. The molecule has 1 aromatic rings. The van der Waals surface area contributed by atoms with Crippen LogP contribution in [-0.4, -0.2) is 22.8 Å². The fourth-order valence-corrected chi connectivity index (χ4v) is 2.40. The van der Waals surface area contributed by atoms with Crippen LogP contribution >= 0.6 is 0 Å². The standard InChI is InChI=1S/C14H21NO2/c16-13-8-6-11(7-9-13)14(17)10-15-12-4-2-1-3-5-12/h6-9,12,14-17H,1-5,10H2. The summed E-state index contributed by atoms with van der Waals surface area (Å²) in [6, 6.07) is 7.32. The van der Waals surface area contributed by atoms with Crippen molar-refractivity contribution in [3.63, 3.8) is 0 Å². The van der Waals surface area contributed by atoms with Crippen molar-refractivity contribution in [3.05, 3.63) is 29.8 Å². The number of benzene rings is 1. The molecule has 1 saturated carbocycles. The van der Waals surface area contributed by atoms with Crippen LogP contribution in [0.2, 0.25) is 0 Å². The highest BCUT2D eigenvalue weighted by Crippen LogP contribution is 2.19. The van der Waals surface area contributed by atoms with E-state index in [-0.39, 0.29) is 5.75 Å². The Morgan fingerprint density at radius 3 is 2.41 bits per heavy atom. The summed E-state index contributed by atoms with van der Waals surface area (Å²) in [5.74, 6) is 0.237. The number of nitrogens with one attached hydrogen (secondary N) is 1. The molecule has 1 aliphatic carbocycles. The fraction of sp³-hybridized carbons (Fsp3) is 0.571. The van der Waals surface area contributed by atoms with E-state index in [4.69, 9.17) is 0 Å². The summed E-state index contributed by atoms with van der Waals surface area (Å²) in [6.07, 6.45) is 5.90. The molecule has 1 atom stereocenters. The molecule has 0 aliphatic heterocycles. The first-order chi connectivity index (χ1) is 8.25. The summed E-state index contributed by atoms with van der Waals surface area (Å²) >= 11 is 0. The van der Waals surface area contributed by atoms with E-state index in [1.54, 1.807) is 24.3 Å². The fourth-order valence-electron chi connectivity index (χ4n) is 2.40. The summed E-state index contributed by atoms with van der Waals surface area (Å²) in [5.41, 5.74) is 0.853. The van der Waals surface area contributed by atoms with E-state index in [2.05, 4.69) is 5.32 Å². The van der Waals surface area contributed by atoms with E-state index in [0.717, 1.165) is 5.56 Å². The van der Waals surface area contributed by atoms with Gasteiger partial charge in [-0.2, -0.15) is 0 Å². The van der Waals surface area contributed by atoms with Gasteiger partial charge < -0.3 is 15.5 Å². The monoisotopic (exact) mass is 235 g/mol. The minimum atomic E-state index is -0.488. The Hall–Kier alpha value is -1.06. The molecule has 0 saturated heterocycles. The quantitative estimate of drug-likeness (QED) is 0.751. The van der Waals surface area contributed by atoms with Crippen LogP contribution < -0.4 is 5.32 Å². The predicted octanol–water partition coefficient (Wildman–Crippen LogP) is 2.35. The number of aliphatic hydroxyl groups is 1. The van der Waals surface area contributed by atoms with E-state index < -0.39 is 6.10 Å². The van der Waals surface area contributed by atoms with Gasteiger partial charge in [0.25, 0.3) is 0 Å². The highest BCUT2D eigenvalue weighted by molar-refractivity contribution is 5.27. The van der Waals surface area contributed by atoms with Crippen molar-refractivity contribution in [1.82, 2.24) is 5.32 Å². The first-order valence-electron chi connectivity index (χ1n) is 6.46. The second kappa shape index (κ2) is 6.03. The van der Waals surface area contributed by atoms with Crippen LogP contribution in [0.4, 0.5) is 0 Å². The normalized spacial score (nSPS) is 19.1. The molecule has 94 valence electrons. The van der Waals surface area contributed by atoms with Crippen molar-refractivity contribution in [2.45, 2.75) is 44.2 Å². The van der Waals surface area contributed by atoms with Gasteiger partial charge in [0.15, 0.2) is 0 Å². The van der Waals surface area contributed by atoms with E-state index in [0.29, 0.717) is 12.6 Å². The lowest BCUT2D eigenvalue weighted by atomic mass is 9.95. The zero-order chi connectivity index (χ0) is 12.1. The van der Waals surface area contributed by atoms with Crippen LogP contribution in [0.5, 0.6) is 5.75 Å². The molecule has 1 fully saturated rings. The van der Waals surface area contributed by atoms with Gasteiger partial charge in [-0.25, -0.2) is 0 Å². The molecule has 1 unspecified atom stereocenters. The summed E-state index contributed by atoms with van der Waals surface area (Å²) in [4.78, 5) is 0.